The van der Waals surface area contributed by atoms with Gasteiger partial charge in [-0.05, 0) is 186 Å². The van der Waals surface area contributed by atoms with Crippen LogP contribution in [0.3, 0.4) is 0 Å². The monoisotopic (exact) mass is 858 g/mol. The van der Waals surface area contributed by atoms with Gasteiger partial charge in [0.1, 0.15) is 0 Å². The molecule has 0 saturated carbocycles. The molecule has 5 rings (SSSR count). The molecule has 0 aliphatic heterocycles. The van der Waals surface area contributed by atoms with Gasteiger partial charge in [0, 0.05) is 14.7 Å². The van der Waals surface area contributed by atoms with Crippen molar-refractivity contribution in [3.05, 3.63) is 158 Å². The van der Waals surface area contributed by atoms with E-state index in [1.807, 2.05) is 91.0 Å². The van der Waals surface area contributed by atoms with Crippen LogP contribution in [0.4, 0.5) is 0 Å². The summed E-state index contributed by atoms with van der Waals surface area (Å²) in [6.07, 6.45) is 0. The minimum absolute atomic E-state index is 0. The predicted molar refractivity (Wildman–Crippen MR) is 211 cm³/mol. The standard InChI is InChI=1S/2C12H18.3C6H6S.2Ru/c2*1-7-8(2)10(4)12(6)11(5)9(7)3;3*7-6-4-2-1-3-5-6;;/h2*1-6H3;3*1-5,7H;;/q;;;;;2*+3. The van der Waals surface area contributed by atoms with Crippen LogP contribution in [0.25, 0.3) is 0 Å². The molecule has 0 bridgehead atoms. The molecular weight excluding hydrogens is 803 g/mol. The van der Waals surface area contributed by atoms with E-state index in [1.54, 1.807) is 0 Å². The molecule has 0 fully saturated rings. The topological polar surface area (TPSA) is 0 Å². The van der Waals surface area contributed by atoms with Crippen molar-refractivity contribution in [2.24, 2.45) is 0 Å². The maximum atomic E-state index is 4.08. The minimum Gasteiger partial charge on any atom is -0.143 e. The molecule has 0 saturated heterocycles. The number of thiol groups is 3. The van der Waals surface area contributed by atoms with Gasteiger partial charge in [0.25, 0.3) is 0 Å². The molecule has 0 amide bonds. The summed E-state index contributed by atoms with van der Waals surface area (Å²) in [5, 5.41) is 0. The van der Waals surface area contributed by atoms with E-state index in [9.17, 15) is 0 Å². The zero-order valence-electron chi connectivity index (χ0n) is 30.2. The number of benzene rings is 5. The first kappa shape index (κ1) is 47.5. The van der Waals surface area contributed by atoms with Crippen molar-refractivity contribution in [3.8, 4) is 0 Å². The Bertz CT molecular complexity index is 1250. The van der Waals surface area contributed by atoms with Crippen molar-refractivity contribution in [2.75, 3.05) is 0 Å². The fraction of sp³-hybridized carbons (Fsp3) is 0.286. The normalized spacial score (nSPS) is 9.26. The summed E-state index contributed by atoms with van der Waals surface area (Å²) < 4.78 is 0. The summed E-state index contributed by atoms with van der Waals surface area (Å²) in [4.78, 5) is 3.05. The largest absolute Gasteiger partial charge is 3.00 e. The molecular formula is C42H54Ru2S3+6. The van der Waals surface area contributed by atoms with Crippen molar-refractivity contribution >= 4 is 37.9 Å². The van der Waals surface area contributed by atoms with Gasteiger partial charge in [-0.1, -0.05) is 54.6 Å². The summed E-state index contributed by atoms with van der Waals surface area (Å²) >= 11 is 12.3. The molecule has 0 N–H and O–H groups in total. The van der Waals surface area contributed by atoms with E-state index in [-0.39, 0.29) is 39.0 Å². The van der Waals surface area contributed by atoms with Gasteiger partial charge in [-0.2, -0.15) is 0 Å². The van der Waals surface area contributed by atoms with Gasteiger partial charge < -0.3 is 0 Å². The third-order valence-corrected chi connectivity index (χ3v) is 9.91. The van der Waals surface area contributed by atoms with E-state index in [1.165, 1.54) is 66.8 Å². The van der Waals surface area contributed by atoms with Crippen LogP contribution in [0.5, 0.6) is 0 Å². The molecule has 5 aromatic rings. The first-order chi connectivity index (χ1) is 21.1. The van der Waals surface area contributed by atoms with Gasteiger partial charge in [0.05, 0.1) is 0 Å². The molecule has 0 unspecified atom stereocenters. The van der Waals surface area contributed by atoms with Crippen molar-refractivity contribution in [1.29, 1.82) is 0 Å². The minimum atomic E-state index is 0. The van der Waals surface area contributed by atoms with Crippen LogP contribution >= 0.6 is 37.9 Å². The van der Waals surface area contributed by atoms with Crippen LogP contribution in [0.15, 0.2) is 106 Å². The molecule has 0 aromatic heterocycles. The van der Waals surface area contributed by atoms with Crippen LogP contribution in [0.1, 0.15) is 66.8 Å². The fourth-order valence-corrected chi connectivity index (χ4v) is 5.18. The molecule has 250 valence electrons. The number of hydrogen-bond acceptors (Lipinski definition) is 3. The average molecular weight is 857 g/mol. The SMILES string of the molecule is Cc1c(C)c(C)c(C)c(C)c1C.Cc1c(C)c(C)c(C)c(C)c1C.Sc1ccccc1.Sc1ccccc1.Sc1ccccc1.[Ru+3].[Ru+3]. The van der Waals surface area contributed by atoms with Crippen LogP contribution in [0.2, 0.25) is 0 Å². The Labute approximate surface area is 329 Å². The third-order valence-electron chi connectivity index (χ3n) is 9.02. The molecule has 0 aliphatic carbocycles. The quantitative estimate of drug-likeness (QED) is 0.100. The zero-order valence-corrected chi connectivity index (χ0v) is 36.4. The van der Waals surface area contributed by atoms with E-state index in [4.69, 9.17) is 0 Å². The van der Waals surface area contributed by atoms with E-state index >= 15 is 0 Å². The Morgan fingerprint density at radius 2 is 0.340 bits per heavy atom. The Morgan fingerprint density at radius 1 is 0.234 bits per heavy atom. The summed E-state index contributed by atoms with van der Waals surface area (Å²) in [6, 6.07) is 29.4. The summed E-state index contributed by atoms with van der Waals surface area (Å²) in [5.74, 6) is 0. The fourth-order valence-electron chi connectivity index (χ4n) is 4.66. The van der Waals surface area contributed by atoms with E-state index in [0.29, 0.717) is 0 Å². The first-order valence-electron chi connectivity index (χ1n) is 15.4. The smallest absolute Gasteiger partial charge is 0.143 e. The van der Waals surface area contributed by atoms with Gasteiger partial charge in [-0.15, -0.1) is 37.9 Å². The summed E-state index contributed by atoms with van der Waals surface area (Å²) in [5.41, 5.74) is 17.5. The van der Waals surface area contributed by atoms with Crippen LogP contribution < -0.4 is 0 Å². The Balaban J connectivity index is 0. The van der Waals surface area contributed by atoms with Crippen LogP contribution in [0, 0.1) is 83.1 Å². The van der Waals surface area contributed by atoms with E-state index in [0.717, 1.165) is 14.7 Å². The van der Waals surface area contributed by atoms with Crippen LogP contribution in [-0.2, 0) is 39.0 Å². The van der Waals surface area contributed by atoms with Crippen molar-refractivity contribution in [3.63, 3.8) is 0 Å². The summed E-state index contributed by atoms with van der Waals surface area (Å²) in [7, 11) is 0. The summed E-state index contributed by atoms with van der Waals surface area (Å²) in [6.45, 7) is 26.5. The molecule has 2 radical (unpaired) electrons. The Kier molecular flexibility index (Phi) is 24.8. The first-order valence-corrected chi connectivity index (χ1v) is 16.7. The van der Waals surface area contributed by atoms with E-state index in [2.05, 4.69) is 121 Å². The van der Waals surface area contributed by atoms with Crippen molar-refractivity contribution in [1.82, 2.24) is 0 Å². The number of rotatable bonds is 0. The second-order valence-corrected chi connectivity index (χ2v) is 13.1. The Morgan fingerprint density at radius 3 is 0.404 bits per heavy atom. The second kappa shape index (κ2) is 24.5. The molecule has 0 nitrogen and oxygen atoms in total. The zero-order chi connectivity index (χ0) is 34.3. The van der Waals surface area contributed by atoms with Gasteiger partial charge >= 0.3 is 39.0 Å². The second-order valence-electron chi connectivity index (χ2n) is 11.5. The molecule has 0 aliphatic rings. The molecule has 5 aromatic carbocycles. The molecule has 0 spiro atoms. The van der Waals surface area contributed by atoms with Gasteiger partial charge in [0.2, 0.25) is 0 Å². The van der Waals surface area contributed by atoms with Crippen LogP contribution in [-0.4, -0.2) is 0 Å². The third kappa shape index (κ3) is 16.1. The van der Waals surface area contributed by atoms with Gasteiger partial charge in [-0.25, -0.2) is 0 Å². The Hall–Kier alpha value is -1.60. The average Bonchev–Trinajstić information content (AvgIpc) is 3.05. The van der Waals surface area contributed by atoms with Gasteiger partial charge in [0.15, 0.2) is 0 Å². The maximum absolute atomic E-state index is 4.08. The molecule has 5 heteroatoms. The van der Waals surface area contributed by atoms with E-state index < -0.39 is 0 Å². The molecule has 0 heterocycles. The van der Waals surface area contributed by atoms with Crippen molar-refractivity contribution < 1.29 is 39.0 Å². The van der Waals surface area contributed by atoms with Crippen molar-refractivity contribution in [2.45, 2.75) is 97.8 Å². The number of hydrogen-bond donors (Lipinski definition) is 3. The predicted octanol–water partition coefficient (Wildman–Crippen LogP) is 13.0. The molecule has 0 atom stereocenters. The maximum Gasteiger partial charge on any atom is 3.00 e. The molecule has 47 heavy (non-hydrogen) atoms. The van der Waals surface area contributed by atoms with Gasteiger partial charge in [-0.3, -0.25) is 0 Å².